The van der Waals surface area contributed by atoms with Crippen LogP contribution < -0.4 is 0 Å². The second kappa shape index (κ2) is 17.7. The molecule has 3 rings (SSSR count). The number of ketones is 3. The van der Waals surface area contributed by atoms with Gasteiger partial charge in [0.2, 0.25) is 0 Å². The molecule has 0 saturated heterocycles. The van der Waals surface area contributed by atoms with E-state index in [1.165, 1.54) is 18.2 Å². The van der Waals surface area contributed by atoms with E-state index in [2.05, 4.69) is 0 Å². The summed E-state index contributed by atoms with van der Waals surface area (Å²) in [6, 6.07) is 8.92. The summed E-state index contributed by atoms with van der Waals surface area (Å²) < 4.78 is 106. The molecule has 43 heavy (non-hydrogen) atoms. The molecule has 0 spiro atoms. The van der Waals surface area contributed by atoms with Crippen molar-refractivity contribution in [2.75, 3.05) is 0 Å². The fraction of sp³-hybridized carbons (Fsp3) is 0.125. The number of hydrogen-bond acceptors (Lipinski definition) is 9. The Morgan fingerprint density at radius 1 is 0.512 bits per heavy atom. The molecule has 3 aromatic heterocycles. The largest absolute Gasteiger partial charge is 0.506 e. The van der Waals surface area contributed by atoms with Gasteiger partial charge in [-0.25, -0.2) is 0 Å². The molecule has 234 valence electrons. The van der Waals surface area contributed by atoms with Crippen molar-refractivity contribution in [2.24, 2.45) is 0 Å². The van der Waals surface area contributed by atoms with Crippen LogP contribution in [0.4, 0.5) is 39.5 Å². The number of aliphatic hydroxyl groups excluding tert-OH is 3. The maximum Gasteiger partial charge on any atom is 0.454 e. The zero-order valence-electron chi connectivity index (χ0n) is 20.5. The van der Waals surface area contributed by atoms with Gasteiger partial charge < -0.3 is 15.3 Å². The van der Waals surface area contributed by atoms with Crippen molar-refractivity contribution in [1.82, 2.24) is 0 Å². The first-order valence-electron chi connectivity index (χ1n) is 10.4. The summed E-state index contributed by atoms with van der Waals surface area (Å²) >= 11 is 3.14. The molecule has 3 aromatic rings. The van der Waals surface area contributed by atoms with Crippen LogP contribution >= 0.6 is 34.0 Å². The van der Waals surface area contributed by atoms with Crippen LogP contribution in [0.1, 0.15) is 14.6 Å². The zero-order valence-corrected chi connectivity index (χ0v) is 25.6. The molecule has 0 atom stereocenters. The Morgan fingerprint density at radius 2 is 0.721 bits per heavy atom. The quantitative estimate of drug-likeness (QED) is 0.131. The summed E-state index contributed by atoms with van der Waals surface area (Å²) in [6.45, 7) is 0. The molecular formula is C24H15F9O6S3Sm. The van der Waals surface area contributed by atoms with Crippen molar-refractivity contribution in [3.8, 4) is 0 Å². The second-order valence-corrected chi connectivity index (χ2v) is 9.95. The molecule has 0 aromatic carbocycles. The summed E-state index contributed by atoms with van der Waals surface area (Å²) in [5.41, 5.74) is 0. The van der Waals surface area contributed by atoms with Gasteiger partial charge in [0.15, 0.2) is 0 Å². The van der Waals surface area contributed by atoms with E-state index < -0.39 is 53.2 Å². The average molecular weight is 817 g/mol. The van der Waals surface area contributed by atoms with E-state index >= 15 is 0 Å². The average Bonchev–Trinajstić information content (AvgIpc) is 3.66. The summed E-state index contributed by atoms with van der Waals surface area (Å²) in [5.74, 6) is -8.19. The number of alkyl halides is 9. The van der Waals surface area contributed by atoms with Gasteiger partial charge in [0.25, 0.3) is 17.3 Å². The van der Waals surface area contributed by atoms with Crippen LogP contribution in [0.5, 0.6) is 0 Å². The summed E-state index contributed by atoms with van der Waals surface area (Å²) in [5, 5.41) is 32.0. The smallest absolute Gasteiger partial charge is 0.454 e. The number of hydrogen-bond donors (Lipinski definition) is 3. The molecule has 0 aliphatic carbocycles. The Balaban J connectivity index is 0.000000608. The van der Waals surface area contributed by atoms with Crippen LogP contribution in [-0.4, -0.2) is 51.2 Å². The summed E-state index contributed by atoms with van der Waals surface area (Å²) in [6.07, 6.45) is -14.3. The van der Waals surface area contributed by atoms with Gasteiger partial charge in [-0.05, 0) is 34.3 Å². The molecule has 3 heterocycles. The van der Waals surface area contributed by atoms with Gasteiger partial charge in [0.1, 0.15) is 17.3 Å². The molecule has 6 nitrogen and oxygen atoms in total. The SMILES string of the molecule is O=C(C=C(O)c1cccs1)C(F)(F)F.O=C(C=C(O)c1cccs1)C(F)(F)F.O=C(C=C(O)c1cccs1)C(F)(F)F.[Sm]. The van der Waals surface area contributed by atoms with Gasteiger partial charge in [0.05, 0.1) is 14.6 Å². The van der Waals surface area contributed by atoms with Crippen molar-refractivity contribution in [2.45, 2.75) is 18.5 Å². The van der Waals surface area contributed by atoms with Crippen molar-refractivity contribution in [1.29, 1.82) is 0 Å². The first kappa shape index (κ1) is 40.4. The van der Waals surface area contributed by atoms with Crippen LogP contribution in [-0.2, 0) is 14.4 Å². The van der Waals surface area contributed by atoms with E-state index in [1.54, 1.807) is 34.3 Å². The van der Waals surface area contributed by atoms with Crippen LogP contribution in [0.15, 0.2) is 70.8 Å². The van der Waals surface area contributed by atoms with Crippen LogP contribution in [0.2, 0.25) is 0 Å². The number of allylic oxidation sites excluding steroid dienone is 3. The number of carbonyl (C=O) groups is 3. The molecule has 0 aliphatic rings. The Morgan fingerprint density at radius 3 is 0.860 bits per heavy atom. The van der Waals surface area contributed by atoms with Gasteiger partial charge in [-0.15, -0.1) is 34.0 Å². The standard InChI is InChI=1S/3C8H5F3O2S.Sm/c3*9-8(10,11)7(13)4-5(12)6-2-1-3-14-6;/h3*1-4,12H;. The summed E-state index contributed by atoms with van der Waals surface area (Å²) in [4.78, 5) is 31.9. The Kier molecular flexibility index (Phi) is 16.6. The Hall–Kier alpha value is -2.56. The van der Waals surface area contributed by atoms with Crippen molar-refractivity contribution < 1.29 is 110 Å². The molecule has 0 saturated carbocycles. The minimum absolute atomic E-state index is 0. The topological polar surface area (TPSA) is 112 Å². The van der Waals surface area contributed by atoms with E-state index in [-0.39, 0.29) is 73.2 Å². The number of thiophene rings is 3. The maximum absolute atomic E-state index is 11.7. The summed E-state index contributed by atoms with van der Waals surface area (Å²) in [7, 11) is 0. The number of aliphatic hydroxyl groups is 3. The fourth-order valence-corrected chi connectivity index (χ4v) is 4.03. The third-order valence-electron chi connectivity index (χ3n) is 3.96. The Bertz CT molecular complexity index is 1230. The second-order valence-electron chi connectivity index (χ2n) is 7.11. The van der Waals surface area contributed by atoms with Gasteiger partial charge in [-0.2, -0.15) is 39.5 Å². The van der Waals surface area contributed by atoms with Gasteiger partial charge in [-0.3, -0.25) is 14.4 Å². The van der Waals surface area contributed by atoms with Crippen LogP contribution in [0.3, 0.4) is 0 Å². The van der Waals surface area contributed by atoms with E-state index in [4.69, 9.17) is 15.3 Å². The van der Waals surface area contributed by atoms with Crippen LogP contribution in [0.25, 0.3) is 17.3 Å². The minimum Gasteiger partial charge on any atom is -0.506 e. The number of carbonyl (C=O) groups excluding carboxylic acids is 3. The van der Waals surface area contributed by atoms with E-state index in [0.717, 1.165) is 34.0 Å². The molecule has 0 unspecified atom stereocenters. The van der Waals surface area contributed by atoms with Crippen molar-refractivity contribution in [3.63, 3.8) is 0 Å². The normalized spacial score (nSPS) is 12.6. The van der Waals surface area contributed by atoms with Gasteiger partial charge >= 0.3 is 18.5 Å². The minimum atomic E-state index is -4.94. The maximum atomic E-state index is 11.7. The van der Waals surface area contributed by atoms with Crippen molar-refractivity contribution >= 4 is 68.6 Å². The van der Waals surface area contributed by atoms with Crippen LogP contribution in [0, 0.1) is 40.4 Å². The first-order chi connectivity index (χ1) is 19.2. The Labute approximate surface area is 280 Å². The van der Waals surface area contributed by atoms with Crippen molar-refractivity contribution in [3.05, 3.63) is 85.4 Å². The van der Waals surface area contributed by atoms with E-state index in [1.807, 2.05) is 0 Å². The number of halogens is 9. The predicted octanol–water partition coefficient (Wildman–Crippen LogP) is 8.34. The number of rotatable bonds is 6. The molecular weight excluding hydrogens is 802 g/mol. The molecule has 0 aliphatic heterocycles. The third-order valence-corrected chi connectivity index (χ3v) is 6.64. The zero-order chi connectivity index (χ0) is 32.3. The molecule has 0 fully saturated rings. The fourth-order valence-electron chi connectivity index (χ4n) is 2.10. The van der Waals surface area contributed by atoms with E-state index in [9.17, 15) is 53.9 Å². The molecule has 0 amide bonds. The molecule has 19 heteroatoms. The first-order valence-corrected chi connectivity index (χ1v) is 13.0. The third kappa shape index (κ3) is 15.1. The van der Waals surface area contributed by atoms with E-state index in [0.29, 0.717) is 0 Å². The molecule has 0 bridgehead atoms. The molecule has 0 radical (unpaired) electrons. The molecule has 3 N–H and O–H groups in total. The van der Waals surface area contributed by atoms with Gasteiger partial charge in [-0.1, -0.05) is 18.2 Å². The predicted molar refractivity (Wildman–Crippen MR) is 138 cm³/mol. The monoisotopic (exact) mass is 818 g/mol. The van der Waals surface area contributed by atoms with Gasteiger partial charge in [0, 0.05) is 58.6 Å².